The molecule has 0 aromatic rings. The second-order valence-electron chi connectivity index (χ2n) is 1.57. The Morgan fingerprint density at radius 2 is 2.14 bits per heavy atom. The first-order valence-electron chi connectivity index (χ1n) is 2.09. The maximum absolute atomic E-state index is 4.75. The number of halogens is 1. The fourth-order valence-electron chi connectivity index (χ4n) is 0.227. The summed E-state index contributed by atoms with van der Waals surface area (Å²) in [5.41, 5.74) is 0. The Kier molecular flexibility index (Phi) is 3.92. The number of hydrogen-bond donors (Lipinski definition) is 1. The van der Waals surface area contributed by atoms with E-state index in [4.69, 9.17) is 12.2 Å². The average molecular weight is 229 g/mol. The number of hydrogen-bond acceptors (Lipinski definition) is 1. The molecule has 0 aliphatic carbocycles. The zero-order valence-corrected chi connectivity index (χ0v) is 7.34. The summed E-state index contributed by atoms with van der Waals surface area (Å²) in [4.78, 5) is 0. The molecule has 0 saturated heterocycles. The van der Waals surface area contributed by atoms with Crippen LogP contribution in [-0.2, 0) is 0 Å². The standard InChI is InChI=1S/C4H8INS/c1-3(2)6-4(5)7/h3H,1-2H3,(H,6,7). The molecule has 42 valence electrons. The van der Waals surface area contributed by atoms with Crippen LogP contribution in [0.1, 0.15) is 13.8 Å². The molecule has 0 rings (SSSR count). The third-order valence-corrected chi connectivity index (χ3v) is 0.831. The normalized spacial score (nSPS) is 9.14. The first kappa shape index (κ1) is 7.62. The Balaban J connectivity index is 3.13. The molecule has 0 heterocycles. The highest BCUT2D eigenvalue weighted by atomic mass is 127. The Morgan fingerprint density at radius 3 is 2.14 bits per heavy atom. The average Bonchev–Trinajstić information content (AvgIpc) is 1.27. The lowest BCUT2D eigenvalue weighted by Gasteiger charge is -2.03. The number of thiocarbonyl (C=S) groups is 1. The van der Waals surface area contributed by atoms with E-state index in [2.05, 4.69) is 41.8 Å². The molecule has 0 aliphatic heterocycles. The molecule has 0 aromatic carbocycles. The Labute approximate surface area is 63.0 Å². The third-order valence-electron chi connectivity index (χ3n) is 0.402. The van der Waals surface area contributed by atoms with Crippen molar-refractivity contribution in [3.8, 4) is 0 Å². The summed E-state index contributed by atoms with van der Waals surface area (Å²) in [7, 11) is 0. The summed E-state index contributed by atoms with van der Waals surface area (Å²) in [6, 6.07) is 0.476. The van der Waals surface area contributed by atoms with Gasteiger partial charge in [-0.1, -0.05) is 12.2 Å². The lowest BCUT2D eigenvalue weighted by atomic mass is 10.4. The minimum Gasteiger partial charge on any atom is -0.369 e. The minimum absolute atomic E-state index is 0.476. The van der Waals surface area contributed by atoms with E-state index in [-0.39, 0.29) is 0 Å². The number of nitrogens with one attached hydrogen (secondary N) is 1. The summed E-state index contributed by atoms with van der Waals surface area (Å²) in [5, 5.41) is 3.02. The highest BCUT2D eigenvalue weighted by Gasteiger charge is 1.89. The van der Waals surface area contributed by atoms with E-state index in [1.165, 1.54) is 0 Å². The van der Waals surface area contributed by atoms with Gasteiger partial charge in [-0.25, -0.2) is 0 Å². The van der Waals surface area contributed by atoms with Crippen molar-refractivity contribution in [2.75, 3.05) is 0 Å². The van der Waals surface area contributed by atoms with Gasteiger partial charge >= 0.3 is 0 Å². The predicted molar refractivity (Wildman–Crippen MR) is 44.9 cm³/mol. The molecule has 1 nitrogen and oxygen atoms in total. The van der Waals surface area contributed by atoms with E-state index >= 15 is 0 Å². The third kappa shape index (κ3) is 6.62. The van der Waals surface area contributed by atoms with Crippen molar-refractivity contribution in [2.45, 2.75) is 19.9 Å². The van der Waals surface area contributed by atoms with Gasteiger partial charge in [-0.15, -0.1) is 0 Å². The molecular weight excluding hydrogens is 221 g/mol. The fourth-order valence-corrected chi connectivity index (χ4v) is 1.09. The maximum Gasteiger partial charge on any atom is 0.138 e. The van der Waals surface area contributed by atoms with Gasteiger partial charge in [0.15, 0.2) is 0 Å². The van der Waals surface area contributed by atoms with Gasteiger partial charge in [0.1, 0.15) is 3.00 Å². The lowest BCUT2D eigenvalue weighted by molar-refractivity contribution is 0.748. The van der Waals surface area contributed by atoms with Crippen molar-refractivity contribution in [1.82, 2.24) is 5.32 Å². The van der Waals surface area contributed by atoms with E-state index in [1.54, 1.807) is 0 Å². The van der Waals surface area contributed by atoms with Crippen LogP contribution in [0.5, 0.6) is 0 Å². The van der Waals surface area contributed by atoms with Crippen LogP contribution in [0.4, 0.5) is 0 Å². The summed E-state index contributed by atoms with van der Waals surface area (Å²) in [6.45, 7) is 4.12. The van der Waals surface area contributed by atoms with Gasteiger partial charge in [0, 0.05) is 6.04 Å². The van der Waals surface area contributed by atoms with Crippen molar-refractivity contribution in [3.63, 3.8) is 0 Å². The SMILES string of the molecule is CC(C)NC(=S)I. The molecule has 0 unspecified atom stereocenters. The van der Waals surface area contributed by atoms with Crippen LogP contribution in [0.15, 0.2) is 0 Å². The number of rotatable bonds is 1. The van der Waals surface area contributed by atoms with Gasteiger partial charge in [-0.2, -0.15) is 0 Å². The Hall–Kier alpha value is 0.620. The van der Waals surface area contributed by atoms with Gasteiger partial charge in [0.2, 0.25) is 0 Å². The van der Waals surface area contributed by atoms with Crippen molar-refractivity contribution in [2.24, 2.45) is 0 Å². The van der Waals surface area contributed by atoms with E-state index in [0.29, 0.717) is 6.04 Å². The van der Waals surface area contributed by atoms with Crippen molar-refractivity contribution < 1.29 is 0 Å². The molecule has 7 heavy (non-hydrogen) atoms. The molecule has 0 atom stereocenters. The molecule has 0 saturated carbocycles. The smallest absolute Gasteiger partial charge is 0.138 e. The lowest BCUT2D eigenvalue weighted by Crippen LogP contribution is -2.23. The van der Waals surface area contributed by atoms with Crippen LogP contribution in [0, 0.1) is 0 Å². The van der Waals surface area contributed by atoms with Gasteiger partial charge in [0.05, 0.1) is 0 Å². The molecule has 0 aromatic heterocycles. The highest BCUT2D eigenvalue weighted by Crippen LogP contribution is 1.86. The Bertz CT molecular complexity index is 72.1. The molecule has 0 aliphatic rings. The molecule has 3 heteroatoms. The molecule has 0 spiro atoms. The Morgan fingerprint density at radius 1 is 1.71 bits per heavy atom. The fraction of sp³-hybridized carbons (Fsp3) is 0.750. The minimum atomic E-state index is 0.476. The van der Waals surface area contributed by atoms with Crippen LogP contribution < -0.4 is 5.32 Å². The van der Waals surface area contributed by atoms with Gasteiger partial charge < -0.3 is 5.32 Å². The maximum atomic E-state index is 4.75. The van der Waals surface area contributed by atoms with E-state index < -0.39 is 0 Å². The second kappa shape index (κ2) is 3.60. The summed E-state index contributed by atoms with van der Waals surface area (Å²) in [5.74, 6) is 0. The summed E-state index contributed by atoms with van der Waals surface area (Å²) < 4.78 is 0.840. The van der Waals surface area contributed by atoms with Crippen molar-refractivity contribution in [3.05, 3.63) is 0 Å². The van der Waals surface area contributed by atoms with E-state index in [0.717, 1.165) is 3.00 Å². The van der Waals surface area contributed by atoms with Crippen LogP contribution in [0.2, 0.25) is 0 Å². The largest absolute Gasteiger partial charge is 0.369 e. The molecule has 0 bridgehead atoms. The highest BCUT2D eigenvalue weighted by molar-refractivity contribution is 14.1. The quantitative estimate of drug-likeness (QED) is 0.318. The zero-order valence-electron chi connectivity index (χ0n) is 4.36. The summed E-state index contributed by atoms with van der Waals surface area (Å²) >= 11 is 6.83. The molecule has 0 radical (unpaired) electrons. The van der Waals surface area contributed by atoms with Crippen molar-refractivity contribution >= 4 is 37.8 Å². The van der Waals surface area contributed by atoms with Crippen LogP contribution in [0.3, 0.4) is 0 Å². The predicted octanol–water partition coefficient (Wildman–Crippen LogP) is 1.70. The zero-order chi connectivity index (χ0) is 5.86. The first-order valence-corrected chi connectivity index (χ1v) is 3.57. The second-order valence-corrected chi connectivity index (χ2v) is 3.79. The van der Waals surface area contributed by atoms with Gasteiger partial charge in [0.25, 0.3) is 0 Å². The monoisotopic (exact) mass is 229 g/mol. The van der Waals surface area contributed by atoms with Crippen LogP contribution >= 0.6 is 34.8 Å². The van der Waals surface area contributed by atoms with Gasteiger partial charge in [-0.05, 0) is 36.4 Å². The van der Waals surface area contributed by atoms with E-state index in [1.807, 2.05) is 0 Å². The molecular formula is C4H8INS. The molecule has 0 fully saturated rings. The molecule has 1 N–H and O–H groups in total. The van der Waals surface area contributed by atoms with Crippen molar-refractivity contribution in [1.29, 1.82) is 0 Å². The topological polar surface area (TPSA) is 12.0 Å². The summed E-state index contributed by atoms with van der Waals surface area (Å²) in [6.07, 6.45) is 0. The first-order chi connectivity index (χ1) is 3.13. The van der Waals surface area contributed by atoms with Crippen LogP contribution in [-0.4, -0.2) is 9.04 Å². The van der Waals surface area contributed by atoms with Gasteiger partial charge in [-0.3, -0.25) is 0 Å². The molecule has 0 amide bonds. The van der Waals surface area contributed by atoms with E-state index in [9.17, 15) is 0 Å². The van der Waals surface area contributed by atoms with Crippen LogP contribution in [0.25, 0.3) is 0 Å².